The molecule has 0 aromatic heterocycles. The van der Waals surface area contributed by atoms with Gasteiger partial charge in [0.25, 0.3) is 0 Å². The molecular weight excluding hydrogens is 381 g/mol. The number of aryl methyl sites for hydroxylation is 1. The number of hydrogen-bond acceptors (Lipinski definition) is 1. The summed E-state index contributed by atoms with van der Waals surface area (Å²) >= 11 is 8.29. The van der Waals surface area contributed by atoms with Crippen LogP contribution in [0.4, 0.5) is 5.69 Å². The molecule has 2 rings (SSSR count). The van der Waals surface area contributed by atoms with Gasteiger partial charge in [-0.05, 0) is 65.3 Å². The van der Waals surface area contributed by atoms with E-state index in [0.29, 0.717) is 0 Å². The second-order valence-electron chi connectivity index (χ2n) is 4.98. The largest absolute Gasteiger partial charge is 0.378 e. The van der Waals surface area contributed by atoms with E-state index in [-0.39, 0.29) is 6.04 Å². The van der Waals surface area contributed by atoms with E-state index in [4.69, 9.17) is 11.6 Å². The molecule has 0 bridgehead atoms. The fourth-order valence-electron chi connectivity index (χ4n) is 2.18. The highest BCUT2D eigenvalue weighted by atomic mass is 127. The molecule has 0 fully saturated rings. The molecule has 0 saturated heterocycles. The van der Waals surface area contributed by atoms with Gasteiger partial charge in [-0.1, -0.05) is 49.2 Å². The van der Waals surface area contributed by atoms with Crippen molar-refractivity contribution in [3.8, 4) is 0 Å². The van der Waals surface area contributed by atoms with Crippen LogP contribution in [0, 0.1) is 3.57 Å². The predicted molar refractivity (Wildman–Crippen MR) is 96.6 cm³/mol. The summed E-state index contributed by atoms with van der Waals surface area (Å²) in [6.07, 6.45) is 2.34. The van der Waals surface area contributed by atoms with Gasteiger partial charge < -0.3 is 5.32 Å². The number of benzene rings is 2. The maximum atomic E-state index is 5.99. The van der Waals surface area contributed by atoms with Crippen molar-refractivity contribution in [1.29, 1.82) is 0 Å². The molecule has 0 aliphatic rings. The van der Waals surface area contributed by atoms with Gasteiger partial charge in [-0.15, -0.1) is 0 Å². The van der Waals surface area contributed by atoms with Crippen molar-refractivity contribution in [2.45, 2.75) is 32.7 Å². The van der Waals surface area contributed by atoms with E-state index in [1.165, 1.54) is 17.5 Å². The lowest BCUT2D eigenvalue weighted by Crippen LogP contribution is -2.07. The van der Waals surface area contributed by atoms with Gasteiger partial charge in [0.15, 0.2) is 0 Å². The van der Waals surface area contributed by atoms with Crippen molar-refractivity contribution in [3.05, 3.63) is 62.2 Å². The minimum Gasteiger partial charge on any atom is -0.378 e. The van der Waals surface area contributed by atoms with E-state index in [2.05, 4.69) is 66.0 Å². The van der Waals surface area contributed by atoms with Crippen molar-refractivity contribution in [2.24, 2.45) is 0 Å². The number of hydrogen-bond donors (Lipinski definition) is 1. The zero-order valence-corrected chi connectivity index (χ0v) is 14.7. The molecule has 1 nitrogen and oxygen atoms in total. The minimum atomic E-state index is 0.278. The summed E-state index contributed by atoms with van der Waals surface area (Å²) in [5.41, 5.74) is 3.83. The zero-order valence-electron chi connectivity index (χ0n) is 11.8. The Hall–Kier alpha value is -0.740. The van der Waals surface area contributed by atoms with Crippen LogP contribution in [0.2, 0.25) is 5.02 Å². The average molecular weight is 400 g/mol. The van der Waals surface area contributed by atoms with Crippen LogP contribution in [0.15, 0.2) is 42.5 Å². The zero-order chi connectivity index (χ0) is 14.5. The topological polar surface area (TPSA) is 12.0 Å². The van der Waals surface area contributed by atoms with Crippen molar-refractivity contribution in [1.82, 2.24) is 0 Å². The van der Waals surface area contributed by atoms with Crippen molar-refractivity contribution in [2.75, 3.05) is 5.32 Å². The first-order valence-electron chi connectivity index (χ1n) is 6.90. The third kappa shape index (κ3) is 4.13. The lowest BCUT2D eigenvalue weighted by Gasteiger charge is -2.17. The van der Waals surface area contributed by atoms with Gasteiger partial charge in [0.1, 0.15) is 0 Å². The number of halogens is 2. The first-order chi connectivity index (χ1) is 9.60. The van der Waals surface area contributed by atoms with Gasteiger partial charge >= 0.3 is 0 Å². The summed E-state index contributed by atoms with van der Waals surface area (Å²) in [4.78, 5) is 0. The van der Waals surface area contributed by atoms with Crippen LogP contribution >= 0.6 is 34.2 Å². The molecule has 0 heterocycles. The maximum Gasteiger partial charge on any atom is 0.0486 e. The highest BCUT2D eigenvalue weighted by molar-refractivity contribution is 14.1. The minimum absolute atomic E-state index is 0.278. The smallest absolute Gasteiger partial charge is 0.0486 e. The number of rotatable bonds is 5. The Kier molecular flexibility index (Phi) is 5.73. The Bertz CT molecular complexity index is 566. The Morgan fingerprint density at radius 3 is 2.45 bits per heavy atom. The van der Waals surface area contributed by atoms with E-state index in [0.717, 1.165) is 20.7 Å². The van der Waals surface area contributed by atoms with E-state index in [1.807, 2.05) is 18.2 Å². The summed E-state index contributed by atoms with van der Waals surface area (Å²) in [7, 11) is 0. The third-order valence-corrected chi connectivity index (χ3v) is 4.45. The summed E-state index contributed by atoms with van der Waals surface area (Å²) in [5.74, 6) is 0. The molecule has 2 aromatic carbocycles. The second kappa shape index (κ2) is 7.32. The average Bonchev–Trinajstić information content (AvgIpc) is 2.43. The van der Waals surface area contributed by atoms with Crippen molar-refractivity contribution in [3.63, 3.8) is 0 Å². The Morgan fingerprint density at radius 2 is 1.85 bits per heavy atom. The van der Waals surface area contributed by atoms with Gasteiger partial charge in [-0.2, -0.15) is 0 Å². The van der Waals surface area contributed by atoms with Gasteiger partial charge in [-0.25, -0.2) is 0 Å². The molecule has 1 N–H and O–H groups in total. The molecule has 0 saturated carbocycles. The summed E-state index contributed by atoms with van der Waals surface area (Å²) in [6.45, 7) is 4.39. The first-order valence-corrected chi connectivity index (χ1v) is 8.36. The van der Waals surface area contributed by atoms with Crippen LogP contribution in [0.5, 0.6) is 0 Å². The normalized spacial score (nSPS) is 12.2. The van der Waals surface area contributed by atoms with Crippen LogP contribution < -0.4 is 5.32 Å². The molecule has 106 valence electrons. The molecule has 0 radical (unpaired) electrons. The SMILES string of the molecule is CCCc1ccc(C(C)Nc2ccc(Cl)cc2I)cc1. The molecule has 20 heavy (non-hydrogen) atoms. The summed E-state index contributed by atoms with van der Waals surface area (Å²) in [5, 5.41) is 4.31. The molecule has 0 spiro atoms. The monoisotopic (exact) mass is 399 g/mol. The number of anilines is 1. The highest BCUT2D eigenvalue weighted by Gasteiger charge is 2.07. The number of nitrogens with one attached hydrogen (secondary N) is 1. The standard InChI is InChI=1S/C17H19ClIN/c1-3-4-13-5-7-14(8-6-13)12(2)20-17-10-9-15(18)11-16(17)19/h5-12,20H,3-4H2,1-2H3. The van der Waals surface area contributed by atoms with Gasteiger partial charge in [0.05, 0.1) is 0 Å². The molecule has 1 atom stereocenters. The highest BCUT2D eigenvalue weighted by Crippen LogP contribution is 2.26. The van der Waals surface area contributed by atoms with Crippen molar-refractivity contribution < 1.29 is 0 Å². The Morgan fingerprint density at radius 1 is 1.15 bits per heavy atom. The van der Waals surface area contributed by atoms with E-state index >= 15 is 0 Å². The molecule has 2 aromatic rings. The lowest BCUT2D eigenvalue weighted by molar-refractivity contribution is 0.875. The predicted octanol–water partition coefficient (Wildman–Crippen LogP) is 6.07. The summed E-state index contributed by atoms with van der Waals surface area (Å²) in [6, 6.07) is 15.1. The first kappa shape index (κ1) is 15.6. The van der Waals surface area contributed by atoms with Crippen LogP contribution in [-0.4, -0.2) is 0 Å². The Labute approximate surface area is 139 Å². The van der Waals surface area contributed by atoms with E-state index in [9.17, 15) is 0 Å². The van der Waals surface area contributed by atoms with E-state index in [1.54, 1.807) is 0 Å². The fourth-order valence-corrected chi connectivity index (χ4v) is 3.21. The lowest BCUT2D eigenvalue weighted by atomic mass is 10.0. The molecule has 1 unspecified atom stereocenters. The molecule has 0 amide bonds. The fraction of sp³-hybridized carbons (Fsp3) is 0.294. The van der Waals surface area contributed by atoms with E-state index < -0.39 is 0 Å². The van der Waals surface area contributed by atoms with Gasteiger partial charge in [-0.3, -0.25) is 0 Å². The van der Waals surface area contributed by atoms with Gasteiger partial charge in [0, 0.05) is 20.3 Å². The van der Waals surface area contributed by atoms with Crippen LogP contribution in [-0.2, 0) is 6.42 Å². The van der Waals surface area contributed by atoms with Crippen molar-refractivity contribution >= 4 is 39.9 Å². The molecule has 3 heteroatoms. The maximum absolute atomic E-state index is 5.99. The van der Waals surface area contributed by atoms with Crippen LogP contribution in [0.3, 0.4) is 0 Å². The second-order valence-corrected chi connectivity index (χ2v) is 6.58. The van der Waals surface area contributed by atoms with Crippen LogP contribution in [0.25, 0.3) is 0 Å². The van der Waals surface area contributed by atoms with Gasteiger partial charge in [0.2, 0.25) is 0 Å². The third-order valence-electron chi connectivity index (χ3n) is 3.32. The summed E-state index contributed by atoms with van der Waals surface area (Å²) < 4.78 is 1.14. The van der Waals surface area contributed by atoms with Crippen LogP contribution in [0.1, 0.15) is 37.4 Å². The quantitative estimate of drug-likeness (QED) is 0.602. The molecule has 0 aliphatic heterocycles. The Balaban J connectivity index is 2.09. The molecular formula is C17H19ClIN. The molecule has 0 aliphatic carbocycles.